The molecule has 2 aromatic heterocycles. The summed E-state index contributed by atoms with van der Waals surface area (Å²) >= 11 is 0. The molecule has 0 radical (unpaired) electrons. The number of hydrogen-bond donors (Lipinski definition) is 2. The Bertz CT molecular complexity index is 495. The summed E-state index contributed by atoms with van der Waals surface area (Å²) in [4.78, 5) is 15.5. The molecule has 0 saturated heterocycles. The number of nitrogens with two attached hydrogens (primary N) is 1. The Morgan fingerprint density at radius 3 is 3.00 bits per heavy atom. The molecule has 0 spiro atoms. The number of anilines is 1. The quantitative estimate of drug-likeness (QED) is 0.671. The lowest BCUT2D eigenvalue weighted by molar-refractivity contribution is 0.102. The zero-order valence-electron chi connectivity index (χ0n) is 8.82. The van der Waals surface area contributed by atoms with Crippen molar-refractivity contribution in [1.82, 2.24) is 30.2 Å². The van der Waals surface area contributed by atoms with Crippen LogP contribution in [0.25, 0.3) is 0 Å². The summed E-state index contributed by atoms with van der Waals surface area (Å²) in [6.07, 6.45) is 4.33. The standard InChI is InChI=1S/C8H10N8O/c9-1-4-16-5-6(13-15-16)7(17)12-8-10-2-3-11-14-8/h2-3,5H,1,4,9H2,(H,10,12,14,17). The molecule has 0 bridgehead atoms. The molecule has 2 heterocycles. The maximum Gasteiger partial charge on any atom is 0.280 e. The summed E-state index contributed by atoms with van der Waals surface area (Å²) in [7, 11) is 0. The minimum Gasteiger partial charge on any atom is -0.329 e. The predicted octanol–water partition coefficient (Wildman–Crippen LogP) is -1.33. The molecule has 0 aliphatic carbocycles. The molecular formula is C8H10N8O. The molecule has 0 fully saturated rings. The van der Waals surface area contributed by atoms with Gasteiger partial charge in [0.2, 0.25) is 5.95 Å². The summed E-state index contributed by atoms with van der Waals surface area (Å²) in [5, 5.41) is 17.1. The van der Waals surface area contributed by atoms with Gasteiger partial charge in [-0.15, -0.1) is 10.2 Å². The fourth-order valence-electron chi connectivity index (χ4n) is 1.11. The smallest absolute Gasteiger partial charge is 0.280 e. The van der Waals surface area contributed by atoms with Gasteiger partial charge in [-0.2, -0.15) is 5.10 Å². The zero-order chi connectivity index (χ0) is 12.1. The van der Waals surface area contributed by atoms with Crippen LogP contribution < -0.4 is 11.1 Å². The Morgan fingerprint density at radius 1 is 1.41 bits per heavy atom. The third-order valence-corrected chi connectivity index (χ3v) is 1.84. The SMILES string of the molecule is NCCn1cc(C(=O)Nc2nccnn2)nn1. The Balaban J connectivity index is 2.04. The van der Waals surface area contributed by atoms with E-state index < -0.39 is 5.91 Å². The highest BCUT2D eigenvalue weighted by Gasteiger charge is 2.11. The monoisotopic (exact) mass is 234 g/mol. The number of aromatic nitrogens is 6. The van der Waals surface area contributed by atoms with E-state index in [1.54, 1.807) is 0 Å². The van der Waals surface area contributed by atoms with Gasteiger partial charge in [0.15, 0.2) is 5.69 Å². The first-order chi connectivity index (χ1) is 8.29. The summed E-state index contributed by atoms with van der Waals surface area (Å²) in [5.41, 5.74) is 5.52. The molecule has 0 saturated carbocycles. The van der Waals surface area contributed by atoms with Crippen LogP contribution in [0.15, 0.2) is 18.6 Å². The Kier molecular flexibility index (Phi) is 3.31. The van der Waals surface area contributed by atoms with Crippen molar-refractivity contribution < 1.29 is 4.79 Å². The number of carbonyl (C=O) groups excluding carboxylic acids is 1. The summed E-state index contributed by atoms with van der Waals surface area (Å²) in [6.45, 7) is 0.930. The second-order valence-corrected chi connectivity index (χ2v) is 3.08. The Morgan fingerprint density at radius 2 is 2.29 bits per heavy atom. The Labute approximate surface area is 96.1 Å². The lowest BCUT2D eigenvalue weighted by Crippen LogP contribution is -2.15. The van der Waals surface area contributed by atoms with Gasteiger partial charge in [-0.3, -0.25) is 14.8 Å². The molecule has 9 heteroatoms. The molecule has 17 heavy (non-hydrogen) atoms. The van der Waals surface area contributed by atoms with Crippen LogP contribution in [0.4, 0.5) is 5.95 Å². The van der Waals surface area contributed by atoms with Crippen molar-refractivity contribution in [3.05, 3.63) is 24.3 Å². The molecule has 9 nitrogen and oxygen atoms in total. The minimum atomic E-state index is -0.443. The molecule has 2 rings (SSSR count). The molecular weight excluding hydrogens is 224 g/mol. The van der Waals surface area contributed by atoms with E-state index in [0.29, 0.717) is 13.1 Å². The fraction of sp³-hybridized carbons (Fsp3) is 0.250. The number of nitrogens with zero attached hydrogens (tertiary/aromatic N) is 6. The van der Waals surface area contributed by atoms with Gasteiger partial charge in [-0.1, -0.05) is 5.21 Å². The summed E-state index contributed by atoms with van der Waals surface area (Å²) in [5.74, 6) is -0.327. The topological polar surface area (TPSA) is 124 Å². The van der Waals surface area contributed by atoms with E-state index in [0.717, 1.165) is 0 Å². The van der Waals surface area contributed by atoms with Crippen LogP contribution in [0, 0.1) is 0 Å². The second kappa shape index (κ2) is 5.07. The third-order valence-electron chi connectivity index (χ3n) is 1.84. The molecule has 0 unspecified atom stereocenters. The normalized spacial score (nSPS) is 10.2. The van der Waals surface area contributed by atoms with E-state index in [-0.39, 0.29) is 11.6 Å². The van der Waals surface area contributed by atoms with Crippen molar-refractivity contribution in [2.24, 2.45) is 5.73 Å². The predicted molar refractivity (Wildman–Crippen MR) is 56.9 cm³/mol. The lowest BCUT2D eigenvalue weighted by atomic mass is 10.4. The van der Waals surface area contributed by atoms with Crippen LogP contribution in [0.2, 0.25) is 0 Å². The van der Waals surface area contributed by atoms with E-state index in [4.69, 9.17) is 5.73 Å². The van der Waals surface area contributed by atoms with E-state index >= 15 is 0 Å². The third kappa shape index (κ3) is 2.78. The fourth-order valence-corrected chi connectivity index (χ4v) is 1.11. The lowest BCUT2D eigenvalue weighted by Gasteiger charge is -1.97. The molecule has 88 valence electrons. The van der Waals surface area contributed by atoms with E-state index in [1.165, 1.54) is 23.3 Å². The first kappa shape index (κ1) is 11.1. The van der Waals surface area contributed by atoms with Crippen LogP contribution in [0.1, 0.15) is 10.5 Å². The Hall–Kier alpha value is -2.42. The number of nitrogens with one attached hydrogen (secondary N) is 1. The van der Waals surface area contributed by atoms with Gasteiger partial charge in [0.25, 0.3) is 5.91 Å². The highest BCUT2D eigenvalue weighted by Crippen LogP contribution is 1.98. The maximum atomic E-state index is 11.7. The maximum absolute atomic E-state index is 11.7. The summed E-state index contributed by atoms with van der Waals surface area (Å²) < 4.78 is 1.49. The number of rotatable bonds is 4. The minimum absolute atomic E-state index is 0.117. The van der Waals surface area contributed by atoms with Crippen LogP contribution in [0.5, 0.6) is 0 Å². The van der Waals surface area contributed by atoms with Gasteiger partial charge in [-0.05, 0) is 0 Å². The molecule has 0 aliphatic rings. The van der Waals surface area contributed by atoms with Crippen LogP contribution in [-0.4, -0.2) is 42.6 Å². The summed E-state index contributed by atoms with van der Waals surface area (Å²) in [6, 6.07) is 0. The van der Waals surface area contributed by atoms with E-state index in [1.807, 2.05) is 0 Å². The van der Waals surface area contributed by atoms with Crippen molar-refractivity contribution in [2.45, 2.75) is 6.54 Å². The van der Waals surface area contributed by atoms with E-state index in [9.17, 15) is 4.79 Å². The molecule has 0 aromatic carbocycles. The van der Waals surface area contributed by atoms with Crippen LogP contribution in [0.3, 0.4) is 0 Å². The first-order valence-electron chi connectivity index (χ1n) is 4.85. The highest BCUT2D eigenvalue weighted by molar-refractivity contribution is 6.01. The van der Waals surface area contributed by atoms with Crippen molar-refractivity contribution >= 4 is 11.9 Å². The van der Waals surface area contributed by atoms with E-state index in [2.05, 4.69) is 30.8 Å². The van der Waals surface area contributed by atoms with Crippen molar-refractivity contribution in [3.63, 3.8) is 0 Å². The number of amides is 1. The van der Waals surface area contributed by atoms with Gasteiger partial charge < -0.3 is 5.73 Å². The van der Waals surface area contributed by atoms with Crippen molar-refractivity contribution in [3.8, 4) is 0 Å². The van der Waals surface area contributed by atoms with Gasteiger partial charge in [0.05, 0.1) is 25.1 Å². The molecule has 3 N–H and O–H groups in total. The number of carbonyl (C=O) groups is 1. The van der Waals surface area contributed by atoms with Gasteiger partial charge in [0, 0.05) is 6.54 Å². The number of hydrogen-bond acceptors (Lipinski definition) is 7. The average molecular weight is 234 g/mol. The average Bonchev–Trinajstić information content (AvgIpc) is 2.79. The van der Waals surface area contributed by atoms with Crippen molar-refractivity contribution in [2.75, 3.05) is 11.9 Å². The highest BCUT2D eigenvalue weighted by atomic mass is 16.2. The molecule has 2 aromatic rings. The first-order valence-corrected chi connectivity index (χ1v) is 4.85. The zero-order valence-corrected chi connectivity index (χ0v) is 8.82. The second-order valence-electron chi connectivity index (χ2n) is 3.08. The van der Waals surface area contributed by atoms with Crippen LogP contribution in [-0.2, 0) is 6.54 Å². The van der Waals surface area contributed by atoms with Gasteiger partial charge >= 0.3 is 0 Å². The largest absolute Gasteiger partial charge is 0.329 e. The van der Waals surface area contributed by atoms with Crippen molar-refractivity contribution in [1.29, 1.82) is 0 Å². The van der Waals surface area contributed by atoms with Crippen LogP contribution >= 0.6 is 0 Å². The van der Waals surface area contributed by atoms with Gasteiger partial charge in [-0.25, -0.2) is 4.98 Å². The molecule has 1 amide bonds. The molecule has 0 aliphatic heterocycles. The van der Waals surface area contributed by atoms with Gasteiger partial charge in [0.1, 0.15) is 0 Å². The molecule has 0 atom stereocenters.